The molecule has 10 heteroatoms. The first-order valence-electron chi connectivity index (χ1n) is 7.69. The molecule has 0 radical (unpaired) electrons. The number of aryl methyl sites for hydroxylation is 1. The van der Waals surface area contributed by atoms with Crippen molar-refractivity contribution in [2.45, 2.75) is 23.7 Å². The third kappa shape index (κ3) is 5.41. The molecule has 1 aliphatic heterocycles. The highest BCUT2D eigenvalue weighted by Gasteiger charge is 2.28. The van der Waals surface area contributed by atoms with Crippen molar-refractivity contribution in [2.24, 2.45) is 0 Å². The first-order valence-corrected chi connectivity index (χ1v) is 11.3. The second-order valence-corrected chi connectivity index (χ2v) is 10.3. The number of anilines is 2. The summed E-state index contributed by atoms with van der Waals surface area (Å²) in [6.07, 6.45) is 0.488. The molecular weight excluding hydrogens is 380 g/mol. The molecule has 2 aromatic rings. The van der Waals surface area contributed by atoms with E-state index in [0.29, 0.717) is 15.9 Å². The standard InChI is InChI=1S/C15H18N4O3S3/c1-10-3-2-4-11(7-10)17-14-18-19-15(24-14)23-8-13(20)16-12-5-6-25(21,22)9-12/h2-4,7,12H,5-6,8-9H2,1H3,(H,16,20)(H,17,18)/t12-/m1/s1. The number of hydrogen-bond acceptors (Lipinski definition) is 8. The van der Waals surface area contributed by atoms with Crippen LogP contribution in [0.1, 0.15) is 12.0 Å². The van der Waals surface area contributed by atoms with E-state index >= 15 is 0 Å². The maximum absolute atomic E-state index is 11.9. The zero-order chi connectivity index (χ0) is 17.9. The fourth-order valence-electron chi connectivity index (χ4n) is 2.47. The lowest BCUT2D eigenvalue weighted by Gasteiger charge is -2.09. The van der Waals surface area contributed by atoms with Crippen LogP contribution in [0.2, 0.25) is 0 Å². The average Bonchev–Trinajstić information content (AvgIpc) is 3.11. The molecule has 3 rings (SSSR count). The minimum atomic E-state index is -2.99. The number of sulfone groups is 1. The van der Waals surface area contributed by atoms with Crippen LogP contribution in [0.3, 0.4) is 0 Å². The van der Waals surface area contributed by atoms with Crippen LogP contribution in [0.5, 0.6) is 0 Å². The van der Waals surface area contributed by atoms with Gasteiger partial charge in [0.15, 0.2) is 14.2 Å². The fraction of sp³-hybridized carbons (Fsp3) is 0.400. The van der Waals surface area contributed by atoms with Crippen LogP contribution < -0.4 is 10.6 Å². The smallest absolute Gasteiger partial charge is 0.230 e. The Bertz CT molecular complexity index is 866. The van der Waals surface area contributed by atoms with Crippen molar-refractivity contribution in [3.8, 4) is 0 Å². The molecule has 1 aromatic heterocycles. The van der Waals surface area contributed by atoms with Crippen LogP contribution in [0.4, 0.5) is 10.8 Å². The van der Waals surface area contributed by atoms with Gasteiger partial charge in [-0.05, 0) is 31.0 Å². The van der Waals surface area contributed by atoms with Gasteiger partial charge in [0.05, 0.1) is 17.3 Å². The van der Waals surface area contributed by atoms with Crippen LogP contribution >= 0.6 is 23.1 Å². The molecule has 1 amide bonds. The van der Waals surface area contributed by atoms with Gasteiger partial charge in [0, 0.05) is 11.7 Å². The van der Waals surface area contributed by atoms with Gasteiger partial charge in [-0.1, -0.05) is 35.2 Å². The van der Waals surface area contributed by atoms with Gasteiger partial charge < -0.3 is 10.6 Å². The second kappa shape index (κ2) is 7.71. The quantitative estimate of drug-likeness (QED) is 0.718. The van der Waals surface area contributed by atoms with E-state index in [0.717, 1.165) is 11.3 Å². The van der Waals surface area contributed by atoms with E-state index in [2.05, 4.69) is 20.8 Å². The van der Waals surface area contributed by atoms with Crippen LogP contribution in [-0.2, 0) is 14.6 Å². The van der Waals surface area contributed by atoms with Gasteiger partial charge in [-0.3, -0.25) is 4.79 Å². The van der Waals surface area contributed by atoms with Crippen molar-refractivity contribution in [1.29, 1.82) is 0 Å². The molecule has 0 bridgehead atoms. The summed E-state index contributed by atoms with van der Waals surface area (Å²) in [6, 6.07) is 7.66. The van der Waals surface area contributed by atoms with E-state index in [4.69, 9.17) is 0 Å². The Morgan fingerprint density at radius 2 is 2.24 bits per heavy atom. The van der Waals surface area contributed by atoms with Crippen molar-refractivity contribution >= 4 is 49.7 Å². The predicted molar refractivity (Wildman–Crippen MR) is 100 cm³/mol. The zero-order valence-corrected chi connectivity index (χ0v) is 16.0. The van der Waals surface area contributed by atoms with Crippen LogP contribution in [0.25, 0.3) is 0 Å². The molecule has 2 N–H and O–H groups in total. The number of thioether (sulfide) groups is 1. The molecule has 0 spiro atoms. The number of carbonyl (C=O) groups is 1. The Morgan fingerprint density at radius 1 is 1.40 bits per heavy atom. The Balaban J connectivity index is 1.47. The molecule has 1 aliphatic rings. The highest BCUT2D eigenvalue weighted by molar-refractivity contribution is 8.01. The van der Waals surface area contributed by atoms with Gasteiger partial charge >= 0.3 is 0 Å². The predicted octanol–water partition coefficient (Wildman–Crippen LogP) is 1.99. The first kappa shape index (κ1) is 18.2. The number of nitrogens with zero attached hydrogens (tertiary/aromatic N) is 2. The highest BCUT2D eigenvalue weighted by atomic mass is 32.2. The highest BCUT2D eigenvalue weighted by Crippen LogP contribution is 2.27. The minimum absolute atomic E-state index is 0.0345. The van der Waals surface area contributed by atoms with Crippen LogP contribution in [-0.4, -0.2) is 47.8 Å². The Kier molecular flexibility index (Phi) is 5.60. The maximum atomic E-state index is 11.9. The summed E-state index contributed by atoms with van der Waals surface area (Å²) in [5.74, 6) is 0.188. The topological polar surface area (TPSA) is 101 Å². The minimum Gasteiger partial charge on any atom is -0.352 e. The SMILES string of the molecule is Cc1cccc(Nc2nnc(SCC(=O)N[C@@H]3CCS(=O)(=O)C3)s2)c1. The molecular formula is C15H18N4O3S3. The lowest BCUT2D eigenvalue weighted by atomic mass is 10.2. The van der Waals surface area contributed by atoms with E-state index < -0.39 is 9.84 Å². The lowest BCUT2D eigenvalue weighted by molar-refractivity contribution is -0.119. The van der Waals surface area contributed by atoms with E-state index in [9.17, 15) is 13.2 Å². The second-order valence-electron chi connectivity index (χ2n) is 5.82. The van der Waals surface area contributed by atoms with Gasteiger partial charge in [-0.25, -0.2) is 8.42 Å². The molecule has 1 fully saturated rings. The summed E-state index contributed by atoms with van der Waals surface area (Å²) in [4.78, 5) is 11.9. The summed E-state index contributed by atoms with van der Waals surface area (Å²) >= 11 is 2.66. The molecule has 25 heavy (non-hydrogen) atoms. The Labute approximate surface area is 154 Å². The molecule has 134 valence electrons. The van der Waals surface area contributed by atoms with Crippen LogP contribution in [0, 0.1) is 6.92 Å². The monoisotopic (exact) mass is 398 g/mol. The van der Waals surface area contributed by atoms with E-state index in [1.807, 2.05) is 31.2 Å². The van der Waals surface area contributed by atoms with Crippen molar-refractivity contribution in [3.05, 3.63) is 29.8 Å². The van der Waals surface area contributed by atoms with E-state index in [-0.39, 0.29) is 29.2 Å². The van der Waals surface area contributed by atoms with Gasteiger partial charge in [-0.2, -0.15) is 0 Å². The molecule has 1 atom stereocenters. The van der Waals surface area contributed by atoms with Crippen molar-refractivity contribution in [2.75, 3.05) is 22.6 Å². The number of rotatable bonds is 6. The van der Waals surface area contributed by atoms with Gasteiger partial charge in [0.25, 0.3) is 0 Å². The van der Waals surface area contributed by atoms with Crippen LogP contribution in [0.15, 0.2) is 28.6 Å². The third-order valence-electron chi connectivity index (χ3n) is 3.60. The third-order valence-corrected chi connectivity index (χ3v) is 7.34. The number of nitrogens with one attached hydrogen (secondary N) is 2. The fourth-order valence-corrected chi connectivity index (χ4v) is 5.73. The van der Waals surface area contributed by atoms with Gasteiger partial charge in [0.1, 0.15) is 0 Å². The molecule has 0 aliphatic carbocycles. The number of carbonyl (C=O) groups excluding carboxylic acids is 1. The number of amides is 1. The largest absolute Gasteiger partial charge is 0.352 e. The van der Waals surface area contributed by atoms with Crippen molar-refractivity contribution in [1.82, 2.24) is 15.5 Å². The molecule has 1 saturated heterocycles. The molecule has 7 nitrogen and oxygen atoms in total. The van der Waals surface area contributed by atoms with E-state index in [1.54, 1.807) is 0 Å². The molecule has 0 unspecified atom stereocenters. The normalized spacial score (nSPS) is 18.8. The number of hydrogen-bond donors (Lipinski definition) is 2. The molecule has 1 aromatic carbocycles. The summed E-state index contributed by atoms with van der Waals surface area (Å²) in [6.45, 7) is 2.01. The van der Waals surface area contributed by atoms with Gasteiger partial charge in [-0.15, -0.1) is 10.2 Å². The zero-order valence-electron chi connectivity index (χ0n) is 13.6. The van der Waals surface area contributed by atoms with Gasteiger partial charge in [0.2, 0.25) is 11.0 Å². The number of benzene rings is 1. The molecule has 2 heterocycles. The van der Waals surface area contributed by atoms with E-state index in [1.165, 1.54) is 23.1 Å². The van der Waals surface area contributed by atoms with Crippen molar-refractivity contribution in [3.63, 3.8) is 0 Å². The maximum Gasteiger partial charge on any atom is 0.230 e. The summed E-state index contributed by atoms with van der Waals surface area (Å²) in [5, 5.41) is 14.7. The average molecular weight is 399 g/mol. The summed E-state index contributed by atoms with van der Waals surface area (Å²) in [5.41, 5.74) is 2.09. The Hall–Kier alpha value is -1.65. The summed E-state index contributed by atoms with van der Waals surface area (Å²) in [7, 11) is -2.99. The molecule has 0 saturated carbocycles. The van der Waals surface area contributed by atoms with Crippen molar-refractivity contribution < 1.29 is 13.2 Å². The number of aromatic nitrogens is 2. The lowest BCUT2D eigenvalue weighted by Crippen LogP contribution is -2.36. The first-order chi connectivity index (χ1) is 11.9. The Morgan fingerprint density at radius 3 is 2.96 bits per heavy atom. The summed E-state index contributed by atoms with van der Waals surface area (Å²) < 4.78 is 23.5.